The average Bonchev–Trinajstić information content (AvgIpc) is 4.05. The zero-order chi connectivity index (χ0) is 47.1. The molecule has 0 radical (unpaired) electrons. The van der Waals surface area contributed by atoms with E-state index < -0.39 is 36.3 Å². The highest BCUT2D eigenvalue weighted by Gasteiger charge is 2.40. The van der Waals surface area contributed by atoms with E-state index in [1.807, 2.05) is 13.8 Å². The van der Waals surface area contributed by atoms with Gasteiger partial charge in [-0.2, -0.15) is 0 Å². The zero-order valence-electron chi connectivity index (χ0n) is 39.6. The molecule has 0 unspecified atom stereocenters. The number of likely N-dealkylation sites (N-methyl/N-ethyl adjacent to an activating group) is 2. The van der Waals surface area contributed by atoms with Crippen LogP contribution in [0.2, 0.25) is 0 Å². The van der Waals surface area contributed by atoms with Crippen LogP contribution in [0.25, 0.3) is 22.3 Å². The Bertz CT molecular complexity index is 2110. The number of hydrogen-bond acceptors (Lipinski definition) is 8. The Kier molecular flexibility index (Phi) is 16.0. The second-order valence-corrected chi connectivity index (χ2v) is 18.6. The van der Waals surface area contributed by atoms with Crippen LogP contribution in [0.15, 0.2) is 60.7 Å². The van der Waals surface area contributed by atoms with Crippen molar-refractivity contribution in [1.82, 2.24) is 41.7 Å². The molecule has 7 rings (SSSR count). The van der Waals surface area contributed by atoms with Gasteiger partial charge in [-0.05, 0) is 150 Å². The Morgan fingerprint density at radius 1 is 0.561 bits per heavy atom. The highest BCUT2D eigenvalue weighted by Crippen LogP contribution is 2.40. The van der Waals surface area contributed by atoms with E-state index in [0.717, 1.165) is 84.7 Å². The van der Waals surface area contributed by atoms with Crippen molar-refractivity contribution >= 4 is 35.4 Å². The van der Waals surface area contributed by atoms with Crippen LogP contribution in [0.1, 0.15) is 126 Å². The lowest BCUT2D eigenvalue weighted by Gasteiger charge is -2.32. The first-order valence-corrected chi connectivity index (χ1v) is 24.4. The Morgan fingerprint density at radius 2 is 0.955 bits per heavy atom. The molecule has 14 heteroatoms. The molecule has 2 aliphatic carbocycles. The molecule has 2 fully saturated rings. The minimum atomic E-state index is -0.689. The first-order valence-electron chi connectivity index (χ1n) is 24.4. The molecular formula is C52H70N8O6. The molecule has 14 nitrogen and oxygen atoms in total. The summed E-state index contributed by atoms with van der Waals surface area (Å²) in [5.41, 5.74) is 9.16. The largest absolute Gasteiger partial charge is 0.347 e. The summed E-state index contributed by atoms with van der Waals surface area (Å²) in [4.78, 5) is 83.9. The Labute approximate surface area is 390 Å². The lowest BCUT2D eigenvalue weighted by molar-refractivity contribution is -0.141. The highest BCUT2D eigenvalue weighted by molar-refractivity contribution is 5.95. The highest BCUT2D eigenvalue weighted by atomic mass is 16.2. The summed E-state index contributed by atoms with van der Waals surface area (Å²) < 4.78 is 0. The number of nitrogens with zero attached hydrogens (tertiary/aromatic N) is 2. The maximum atomic E-state index is 14.0. The normalized spacial score (nSPS) is 22.0. The molecule has 3 aromatic rings. The first-order chi connectivity index (χ1) is 31.9. The van der Waals surface area contributed by atoms with Crippen molar-refractivity contribution in [3.05, 3.63) is 82.9 Å². The van der Waals surface area contributed by atoms with E-state index in [-0.39, 0.29) is 47.5 Å². The van der Waals surface area contributed by atoms with E-state index in [1.165, 1.54) is 11.1 Å². The molecule has 0 aromatic heterocycles. The molecule has 3 aromatic carbocycles. The Balaban J connectivity index is 1.03. The zero-order valence-corrected chi connectivity index (χ0v) is 39.6. The molecular weight excluding hydrogens is 833 g/mol. The van der Waals surface area contributed by atoms with Crippen LogP contribution in [0.4, 0.5) is 0 Å². The molecule has 4 aliphatic rings. The summed E-state index contributed by atoms with van der Waals surface area (Å²) in [5.74, 6) is -1.21. The van der Waals surface area contributed by atoms with E-state index in [9.17, 15) is 28.8 Å². The lowest BCUT2D eigenvalue weighted by atomic mass is 9.81. The van der Waals surface area contributed by atoms with Gasteiger partial charge in [0.15, 0.2) is 0 Å². The second-order valence-electron chi connectivity index (χ2n) is 18.6. The van der Waals surface area contributed by atoms with E-state index in [4.69, 9.17) is 0 Å². The molecule has 0 bridgehead atoms. The number of benzene rings is 3. The van der Waals surface area contributed by atoms with E-state index in [2.05, 4.69) is 92.6 Å². The summed E-state index contributed by atoms with van der Waals surface area (Å²) >= 11 is 0. The third-order valence-corrected chi connectivity index (χ3v) is 14.5. The van der Waals surface area contributed by atoms with Gasteiger partial charge < -0.3 is 41.7 Å². The quantitative estimate of drug-likeness (QED) is 0.116. The molecule has 2 heterocycles. The van der Waals surface area contributed by atoms with Gasteiger partial charge in [0.25, 0.3) is 0 Å². The van der Waals surface area contributed by atoms with Gasteiger partial charge in [-0.15, -0.1) is 0 Å². The van der Waals surface area contributed by atoms with Gasteiger partial charge in [0.1, 0.15) is 24.2 Å². The number of nitrogens with one attached hydrogen (secondary N) is 6. The third kappa shape index (κ3) is 10.3. The molecule has 0 spiro atoms. The smallest absolute Gasteiger partial charge is 0.245 e. The maximum absolute atomic E-state index is 14.0. The molecule has 2 saturated heterocycles. The predicted molar refractivity (Wildman–Crippen MR) is 256 cm³/mol. The van der Waals surface area contributed by atoms with Crippen molar-refractivity contribution in [1.29, 1.82) is 0 Å². The van der Waals surface area contributed by atoms with Crippen molar-refractivity contribution in [3.8, 4) is 22.3 Å². The molecule has 354 valence electrons. The summed E-state index contributed by atoms with van der Waals surface area (Å²) in [6.07, 6.45) is 8.76. The average molecular weight is 903 g/mol. The van der Waals surface area contributed by atoms with E-state index in [0.29, 0.717) is 38.8 Å². The Hall–Kier alpha value is -5.60. The standard InChI is InChI=1S/C52H70N8O6/c1-7-41(55-47(61)31(3)53-5)51(65)59-29-13-23-45(59)49(63)57-43-21-11-17-37-35(15-9-19-39(37)43)33-25-27-34(28-26-33)36-16-10-20-40-38(36)18-12-22-44(40)58-50(64)46-24-14-30-60(46)52(66)42(8-2)56-48(62)32(4)54-6/h9-10,15-16,19-20,25-28,31-32,41-46,53-54H,7-8,11-14,17-18,21-24,29-30H2,1-6H3,(H,55,61)(H,56,62)(H,57,63)(H,58,64)/t31-,32-,41-,42-,43+,44+,45-,46-/m0/s1. The second kappa shape index (κ2) is 21.8. The SMILES string of the molecule is CC[C@H](NC(=O)[C@H](C)NC)C(=O)N1CCC[C@H]1C(=O)N[C@@H]1CCCc2c(-c3ccc(-c4cccc5c4CCC[C@H]5NC(=O)[C@@H]4CCCN4C(=O)[C@H](CC)NC(=O)[C@H](C)NC)cc3)cccc21. The predicted octanol–water partition coefficient (Wildman–Crippen LogP) is 5.00. The topological polar surface area (TPSA) is 181 Å². The van der Waals surface area contributed by atoms with Crippen LogP contribution >= 0.6 is 0 Å². The minimum Gasteiger partial charge on any atom is -0.347 e. The molecule has 2 aliphatic heterocycles. The van der Waals surface area contributed by atoms with E-state index >= 15 is 0 Å². The Morgan fingerprint density at radius 3 is 1.32 bits per heavy atom. The lowest BCUT2D eigenvalue weighted by Crippen LogP contribution is -2.55. The minimum absolute atomic E-state index is 0.149. The number of hydrogen-bond donors (Lipinski definition) is 6. The molecule has 0 saturated carbocycles. The van der Waals surface area contributed by atoms with Crippen LogP contribution in [0, 0.1) is 0 Å². The van der Waals surface area contributed by atoms with Gasteiger partial charge in [0, 0.05) is 13.1 Å². The summed E-state index contributed by atoms with van der Waals surface area (Å²) in [6.45, 7) is 8.20. The number of carbonyl (C=O) groups excluding carboxylic acids is 6. The number of amides is 6. The van der Waals surface area contributed by atoms with Gasteiger partial charge in [0.2, 0.25) is 35.4 Å². The van der Waals surface area contributed by atoms with Crippen LogP contribution in [0.5, 0.6) is 0 Å². The summed E-state index contributed by atoms with van der Waals surface area (Å²) in [6, 6.07) is 17.6. The molecule has 6 amide bonds. The summed E-state index contributed by atoms with van der Waals surface area (Å²) in [5, 5.41) is 18.2. The van der Waals surface area contributed by atoms with Crippen molar-refractivity contribution in [3.63, 3.8) is 0 Å². The number of carbonyl (C=O) groups is 6. The number of rotatable bonds is 16. The monoisotopic (exact) mass is 903 g/mol. The van der Waals surface area contributed by atoms with E-state index in [1.54, 1.807) is 37.7 Å². The van der Waals surface area contributed by atoms with Crippen LogP contribution in [-0.2, 0) is 41.6 Å². The van der Waals surface area contributed by atoms with Crippen molar-refractivity contribution in [2.24, 2.45) is 0 Å². The van der Waals surface area contributed by atoms with Crippen molar-refractivity contribution in [2.75, 3.05) is 27.2 Å². The van der Waals surface area contributed by atoms with Gasteiger partial charge in [0.05, 0.1) is 24.2 Å². The first kappa shape index (κ1) is 48.3. The fraction of sp³-hybridized carbons (Fsp3) is 0.538. The van der Waals surface area contributed by atoms with Gasteiger partial charge >= 0.3 is 0 Å². The fourth-order valence-corrected chi connectivity index (χ4v) is 10.4. The number of fused-ring (bicyclic) bond motifs is 2. The van der Waals surface area contributed by atoms with Crippen LogP contribution < -0.4 is 31.9 Å². The maximum Gasteiger partial charge on any atom is 0.245 e. The fourth-order valence-electron chi connectivity index (χ4n) is 10.4. The van der Waals surface area contributed by atoms with Gasteiger partial charge in [-0.1, -0.05) is 74.5 Å². The molecule has 6 N–H and O–H groups in total. The molecule has 66 heavy (non-hydrogen) atoms. The summed E-state index contributed by atoms with van der Waals surface area (Å²) in [7, 11) is 3.40. The van der Waals surface area contributed by atoms with Crippen molar-refractivity contribution in [2.45, 2.75) is 153 Å². The van der Waals surface area contributed by atoms with Gasteiger partial charge in [-0.3, -0.25) is 28.8 Å². The van der Waals surface area contributed by atoms with Crippen LogP contribution in [0.3, 0.4) is 0 Å². The van der Waals surface area contributed by atoms with Crippen molar-refractivity contribution < 1.29 is 28.8 Å². The van der Waals surface area contributed by atoms with Gasteiger partial charge in [-0.25, -0.2) is 0 Å². The third-order valence-electron chi connectivity index (χ3n) is 14.5. The molecule has 8 atom stereocenters. The van der Waals surface area contributed by atoms with Crippen LogP contribution in [-0.4, -0.2) is 109 Å². The number of likely N-dealkylation sites (tertiary alicyclic amines) is 2.